The van der Waals surface area contributed by atoms with Gasteiger partial charge in [0.05, 0.1) is 6.04 Å². The average Bonchev–Trinajstić information content (AvgIpc) is 3.26. The van der Waals surface area contributed by atoms with Gasteiger partial charge in [0.15, 0.2) is 5.65 Å². The van der Waals surface area contributed by atoms with Crippen molar-refractivity contribution in [2.45, 2.75) is 18.9 Å². The van der Waals surface area contributed by atoms with Crippen LogP contribution in [0.3, 0.4) is 0 Å². The highest BCUT2D eigenvalue weighted by atomic mass is 16.5. The lowest BCUT2D eigenvalue weighted by molar-refractivity contribution is 0.183. The molecule has 0 amide bonds. The van der Waals surface area contributed by atoms with Gasteiger partial charge in [-0.1, -0.05) is 30.3 Å². The molecule has 118 valence electrons. The van der Waals surface area contributed by atoms with Gasteiger partial charge in [-0.3, -0.25) is 0 Å². The molecule has 7 heteroatoms. The molecule has 1 N–H and O–H groups in total. The van der Waals surface area contributed by atoms with Gasteiger partial charge in [0.1, 0.15) is 5.82 Å². The fraction of sp³-hybridized carbons (Fsp3) is 0.375. The largest absolute Gasteiger partial charge is 0.381 e. The summed E-state index contributed by atoms with van der Waals surface area (Å²) in [6, 6.07) is 14.4. The minimum atomic E-state index is 0.185. The Morgan fingerprint density at radius 3 is 2.96 bits per heavy atom. The molecule has 3 aromatic rings. The summed E-state index contributed by atoms with van der Waals surface area (Å²) >= 11 is 0. The van der Waals surface area contributed by atoms with Crippen molar-refractivity contribution in [1.29, 1.82) is 0 Å². The third kappa shape index (κ3) is 3.14. The molecule has 1 aromatic carbocycles. The molecule has 2 aromatic heterocycles. The van der Waals surface area contributed by atoms with Gasteiger partial charge in [-0.15, -0.1) is 14.8 Å². The minimum absolute atomic E-state index is 0.185. The Balaban J connectivity index is 1.58. The fourth-order valence-corrected chi connectivity index (χ4v) is 2.97. The van der Waals surface area contributed by atoms with E-state index in [1.807, 2.05) is 18.2 Å². The van der Waals surface area contributed by atoms with Crippen LogP contribution in [0.1, 0.15) is 24.4 Å². The first-order chi connectivity index (χ1) is 11.4. The van der Waals surface area contributed by atoms with Crippen molar-refractivity contribution in [1.82, 2.24) is 25.3 Å². The van der Waals surface area contributed by atoms with Crippen LogP contribution in [-0.4, -0.2) is 38.5 Å². The Morgan fingerprint density at radius 2 is 2.13 bits per heavy atom. The summed E-state index contributed by atoms with van der Waals surface area (Å²) in [6.07, 6.45) is 2.13. The van der Waals surface area contributed by atoms with Crippen molar-refractivity contribution in [3.8, 4) is 0 Å². The highest BCUT2D eigenvalue weighted by Gasteiger charge is 2.22. The smallest absolute Gasteiger partial charge is 0.200 e. The average molecular weight is 310 g/mol. The van der Waals surface area contributed by atoms with Crippen LogP contribution in [0, 0.1) is 5.92 Å². The first-order valence-corrected chi connectivity index (χ1v) is 7.83. The maximum absolute atomic E-state index is 5.52. The highest BCUT2D eigenvalue weighted by Crippen LogP contribution is 2.29. The molecule has 2 unspecified atom stereocenters. The standard InChI is InChI=1S/C16H18N6O/c1-2-4-13(5-3-1)14(10-12-8-9-23-11-12)17-15-6-7-16-18-20-21-22(16)19-15/h1-7,12,14H,8-11H2,(H,17,19). The number of tetrazole rings is 1. The molecule has 4 rings (SSSR count). The molecule has 2 atom stereocenters. The maximum atomic E-state index is 5.52. The quantitative estimate of drug-likeness (QED) is 0.777. The molecule has 0 saturated carbocycles. The van der Waals surface area contributed by atoms with Crippen LogP contribution in [0.4, 0.5) is 5.82 Å². The van der Waals surface area contributed by atoms with E-state index in [1.54, 1.807) is 0 Å². The summed E-state index contributed by atoms with van der Waals surface area (Å²) in [6.45, 7) is 1.70. The number of nitrogens with zero attached hydrogens (tertiary/aromatic N) is 5. The molecule has 0 bridgehead atoms. The molecule has 0 radical (unpaired) electrons. The number of benzene rings is 1. The fourth-order valence-electron chi connectivity index (χ4n) is 2.97. The lowest BCUT2D eigenvalue weighted by Gasteiger charge is -2.22. The van der Waals surface area contributed by atoms with E-state index in [1.165, 1.54) is 10.2 Å². The predicted molar refractivity (Wildman–Crippen MR) is 84.9 cm³/mol. The second kappa shape index (κ2) is 6.29. The van der Waals surface area contributed by atoms with Gasteiger partial charge in [-0.05, 0) is 46.9 Å². The van der Waals surface area contributed by atoms with Crippen LogP contribution in [0.2, 0.25) is 0 Å². The number of hydrogen-bond donors (Lipinski definition) is 1. The highest BCUT2D eigenvalue weighted by molar-refractivity contribution is 5.44. The molecule has 0 aliphatic carbocycles. The molecule has 23 heavy (non-hydrogen) atoms. The maximum Gasteiger partial charge on any atom is 0.200 e. The number of rotatable bonds is 5. The first kappa shape index (κ1) is 14.1. The summed E-state index contributed by atoms with van der Waals surface area (Å²) < 4.78 is 6.95. The SMILES string of the molecule is c1ccc(C(CC2CCOC2)Nc2ccc3nnnn3n2)cc1. The van der Waals surface area contributed by atoms with Crippen LogP contribution >= 0.6 is 0 Å². The molecule has 1 saturated heterocycles. The normalized spacial score (nSPS) is 19.0. The van der Waals surface area contributed by atoms with Crippen molar-refractivity contribution < 1.29 is 4.74 Å². The van der Waals surface area contributed by atoms with Crippen LogP contribution in [0.15, 0.2) is 42.5 Å². The molecule has 1 aliphatic heterocycles. The van der Waals surface area contributed by atoms with Gasteiger partial charge in [-0.25, -0.2) is 0 Å². The second-order valence-electron chi connectivity index (χ2n) is 5.82. The van der Waals surface area contributed by atoms with E-state index in [0.29, 0.717) is 11.6 Å². The van der Waals surface area contributed by atoms with Gasteiger partial charge in [0, 0.05) is 13.2 Å². The topological polar surface area (TPSA) is 77.2 Å². The number of aromatic nitrogens is 5. The van der Waals surface area contributed by atoms with Crippen LogP contribution in [0.25, 0.3) is 5.65 Å². The second-order valence-corrected chi connectivity index (χ2v) is 5.82. The lowest BCUT2D eigenvalue weighted by Crippen LogP contribution is -2.17. The minimum Gasteiger partial charge on any atom is -0.381 e. The summed E-state index contributed by atoms with van der Waals surface area (Å²) in [5.41, 5.74) is 1.88. The predicted octanol–water partition coefficient (Wildman–Crippen LogP) is 2.10. The molecular weight excluding hydrogens is 292 g/mol. The van der Waals surface area contributed by atoms with Crippen molar-refractivity contribution in [2.75, 3.05) is 18.5 Å². The molecule has 7 nitrogen and oxygen atoms in total. The third-order valence-electron chi connectivity index (χ3n) is 4.19. The molecule has 3 heterocycles. The Labute approximate surface area is 133 Å². The van der Waals surface area contributed by atoms with Crippen molar-refractivity contribution in [3.05, 3.63) is 48.0 Å². The summed E-state index contributed by atoms with van der Waals surface area (Å²) in [5.74, 6) is 1.34. The number of hydrogen-bond acceptors (Lipinski definition) is 6. The van der Waals surface area contributed by atoms with E-state index >= 15 is 0 Å². The molecular formula is C16H18N6O. The van der Waals surface area contributed by atoms with Gasteiger partial charge >= 0.3 is 0 Å². The summed E-state index contributed by atoms with van der Waals surface area (Å²) in [4.78, 5) is 0. The van der Waals surface area contributed by atoms with Crippen molar-refractivity contribution >= 4 is 11.5 Å². The number of anilines is 1. The summed E-state index contributed by atoms with van der Waals surface area (Å²) in [5, 5.41) is 19.3. The van der Waals surface area contributed by atoms with E-state index in [0.717, 1.165) is 31.9 Å². The molecule has 1 fully saturated rings. The van der Waals surface area contributed by atoms with Gasteiger partial charge in [0.2, 0.25) is 0 Å². The zero-order valence-electron chi connectivity index (χ0n) is 12.7. The van der Waals surface area contributed by atoms with Gasteiger partial charge < -0.3 is 10.1 Å². The molecule has 1 aliphatic rings. The van der Waals surface area contributed by atoms with E-state index in [2.05, 4.69) is 50.2 Å². The van der Waals surface area contributed by atoms with Crippen LogP contribution in [-0.2, 0) is 4.74 Å². The zero-order valence-corrected chi connectivity index (χ0v) is 12.7. The Bertz CT molecular complexity index is 768. The number of fused-ring (bicyclic) bond motifs is 1. The van der Waals surface area contributed by atoms with E-state index in [-0.39, 0.29) is 6.04 Å². The third-order valence-corrected chi connectivity index (χ3v) is 4.19. The summed E-state index contributed by atoms with van der Waals surface area (Å²) in [7, 11) is 0. The monoisotopic (exact) mass is 310 g/mol. The molecule has 0 spiro atoms. The number of nitrogens with one attached hydrogen (secondary N) is 1. The van der Waals surface area contributed by atoms with Gasteiger partial charge in [0.25, 0.3) is 0 Å². The lowest BCUT2D eigenvalue weighted by atomic mass is 9.94. The Morgan fingerprint density at radius 1 is 1.22 bits per heavy atom. The number of ether oxygens (including phenoxy) is 1. The van der Waals surface area contributed by atoms with Crippen molar-refractivity contribution in [2.24, 2.45) is 5.92 Å². The zero-order chi connectivity index (χ0) is 15.5. The van der Waals surface area contributed by atoms with Gasteiger partial charge in [-0.2, -0.15) is 0 Å². The Kier molecular flexibility index (Phi) is 3.85. The van der Waals surface area contributed by atoms with E-state index in [4.69, 9.17) is 4.74 Å². The van der Waals surface area contributed by atoms with E-state index < -0.39 is 0 Å². The van der Waals surface area contributed by atoms with Crippen LogP contribution in [0.5, 0.6) is 0 Å². The van der Waals surface area contributed by atoms with Crippen molar-refractivity contribution in [3.63, 3.8) is 0 Å². The first-order valence-electron chi connectivity index (χ1n) is 7.83. The van der Waals surface area contributed by atoms with E-state index in [9.17, 15) is 0 Å². The van der Waals surface area contributed by atoms with Crippen LogP contribution < -0.4 is 5.32 Å². The Hall–Kier alpha value is -2.54.